The van der Waals surface area contributed by atoms with Crippen molar-refractivity contribution in [2.24, 2.45) is 17.8 Å². The van der Waals surface area contributed by atoms with Crippen LogP contribution in [0.25, 0.3) is 0 Å². The summed E-state index contributed by atoms with van der Waals surface area (Å²) in [5, 5.41) is 8.72. The number of hydrogen-bond donors (Lipinski definition) is 1. The third-order valence-electron chi connectivity index (χ3n) is 4.25. The Labute approximate surface area is 127 Å². The van der Waals surface area contributed by atoms with Crippen LogP contribution in [-0.4, -0.2) is 49.5 Å². The maximum atomic E-state index is 13.9. The van der Waals surface area contributed by atoms with Crippen LogP contribution in [0.15, 0.2) is 0 Å². The van der Waals surface area contributed by atoms with Gasteiger partial charge in [-0.2, -0.15) is 17.2 Å². The molecular weight excluding hydrogens is 322 g/mol. The van der Waals surface area contributed by atoms with Crippen LogP contribution >= 0.6 is 0 Å². The first kappa shape index (κ1) is 17.6. The zero-order chi connectivity index (χ0) is 16.9. The summed E-state index contributed by atoms with van der Waals surface area (Å²) in [5.74, 6) is -7.95. The molecule has 5 unspecified atom stereocenters. The molecule has 0 aromatic heterocycles. The van der Waals surface area contributed by atoms with Gasteiger partial charge in [0, 0.05) is 5.92 Å². The van der Waals surface area contributed by atoms with Crippen LogP contribution in [0, 0.1) is 17.8 Å². The largest absolute Gasteiger partial charge is 0.477 e. The molecule has 128 valence electrons. The molecule has 1 N–H and O–H groups in total. The van der Waals surface area contributed by atoms with Gasteiger partial charge in [0.15, 0.2) is 0 Å². The molecule has 1 saturated heterocycles. The number of alkyl halides is 2. The van der Waals surface area contributed by atoms with E-state index in [9.17, 15) is 22.0 Å². The highest BCUT2D eigenvalue weighted by atomic mass is 32.2. The molecule has 2 rings (SSSR count). The van der Waals surface area contributed by atoms with E-state index in [2.05, 4.69) is 0 Å². The highest BCUT2D eigenvalue weighted by Gasteiger charge is 2.56. The second-order valence-corrected chi connectivity index (χ2v) is 8.09. The average Bonchev–Trinajstić information content (AvgIpc) is 2.53. The Morgan fingerprint density at radius 1 is 1.41 bits per heavy atom. The number of ether oxygens (including phenoxy) is 1. The fraction of sp³-hybridized carbons (Fsp3) is 0.923. The van der Waals surface area contributed by atoms with Gasteiger partial charge in [0.05, 0.1) is 11.9 Å². The summed E-state index contributed by atoms with van der Waals surface area (Å²) in [5.41, 5.74) is 0. The highest BCUT2D eigenvalue weighted by Crippen LogP contribution is 2.43. The van der Waals surface area contributed by atoms with Gasteiger partial charge < -0.3 is 9.84 Å². The summed E-state index contributed by atoms with van der Waals surface area (Å²) in [6.07, 6.45) is -3.03. The van der Waals surface area contributed by atoms with Crippen molar-refractivity contribution in [1.29, 1.82) is 0 Å². The number of aliphatic carboxylic acids is 1. The predicted octanol–water partition coefficient (Wildman–Crippen LogP) is 1.50. The molecule has 5 atom stereocenters. The molecule has 2 bridgehead atoms. The zero-order valence-corrected chi connectivity index (χ0v) is 13.3. The van der Waals surface area contributed by atoms with Crippen LogP contribution in [0.5, 0.6) is 0 Å². The Morgan fingerprint density at radius 3 is 2.45 bits per heavy atom. The molecule has 1 heterocycles. The molecular formula is C13H20F2O6S. The molecule has 22 heavy (non-hydrogen) atoms. The molecule has 0 radical (unpaired) electrons. The first-order valence-electron chi connectivity index (χ1n) is 7.13. The topological polar surface area (TPSA) is 89.9 Å². The molecule has 0 amide bonds. The molecule has 9 heteroatoms. The molecule has 2 aliphatic rings. The van der Waals surface area contributed by atoms with Crippen LogP contribution in [0.3, 0.4) is 0 Å². The maximum Gasteiger partial charge on any atom is 0.377 e. The third-order valence-corrected chi connectivity index (χ3v) is 5.60. The summed E-state index contributed by atoms with van der Waals surface area (Å²) in [6.45, 7) is 4.64. The van der Waals surface area contributed by atoms with E-state index in [0.29, 0.717) is 6.42 Å². The molecule has 1 saturated carbocycles. The van der Waals surface area contributed by atoms with Crippen LogP contribution < -0.4 is 0 Å². The number of carbonyl (C=O) groups is 1. The van der Waals surface area contributed by atoms with Gasteiger partial charge in [-0.15, -0.1) is 0 Å². The second-order valence-electron chi connectivity index (χ2n) is 6.45. The van der Waals surface area contributed by atoms with E-state index in [1.54, 1.807) is 6.92 Å². The number of carboxylic acid groups (broad SMARTS) is 1. The number of carboxylic acids is 1. The maximum absolute atomic E-state index is 13.9. The smallest absolute Gasteiger partial charge is 0.377 e. The van der Waals surface area contributed by atoms with E-state index in [1.165, 1.54) is 13.8 Å². The molecule has 2 fully saturated rings. The highest BCUT2D eigenvalue weighted by molar-refractivity contribution is 7.86. The molecule has 0 aromatic carbocycles. The van der Waals surface area contributed by atoms with Crippen molar-refractivity contribution in [1.82, 2.24) is 0 Å². The Bertz CT molecular complexity index is 547. The number of fused-ring (bicyclic) bond motifs is 2. The molecule has 0 spiro atoms. The molecule has 6 nitrogen and oxygen atoms in total. The number of halogens is 2. The van der Waals surface area contributed by atoms with Gasteiger partial charge in [-0.25, -0.2) is 4.79 Å². The molecule has 1 aliphatic carbocycles. The lowest BCUT2D eigenvalue weighted by molar-refractivity contribution is -0.213. The Hall–Kier alpha value is -0.800. The third kappa shape index (κ3) is 3.11. The van der Waals surface area contributed by atoms with Crippen LogP contribution in [0.2, 0.25) is 0 Å². The van der Waals surface area contributed by atoms with Crippen LogP contribution in [0.4, 0.5) is 8.78 Å². The number of hydrogen-bond acceptors (Lipinski definition) is 5. The van der Waals surface area contributed by atoms with Crippen molar-refractivity contribution < 1.29 is 36.0 Å². The van der Waals surface area contributed by atoms with Crippen LogP contribution in [0.1, 0.15) is 27.2 Å². The van der Waals surface area contributed by atoms with Gasteiger partial charge in [0.2, 0.25) is 0 Å². The summed E-state index contributed by atoms with van der Waals surface area (Å²) in [4.78, 5) is 10.8. The van der Waals surface area contributed by atoms with Gasteiger partial charge in [-0.3, -0.25) is 4.18 Å². The van der Waals surface area contributed by atoms with Gasteiger partial charge >= 0.3 is 11.9 Å². The first-order valence-corrected chi connectivity index (χ1v) is 8.71. The zero-order valence-electron chi connectivity index (χ0n) is 12.5. The van der Waals surface area contributed by atoms with Gasteiger partial charge in [-0.1, -0.05) is 20.8 Å². The first-order chi connectivity index (χ1) is 9.95. The SMILES string of the molecule is CC(C)C(OC1C2CC(C)C1OS(=O)(=O)C2)C(F)(F)C(=O)O. The lowest BCUT2D eigenvalue weighted by Gasteiger charge is -2.36. The molecule has 1 aliphatic heterocycles. The minimum Gasteiger partial charge on any atom is -0.477 e. The van der Waals surface area contributed by atoms with E-state index in [-0.39, 0.29) is 11.7 Å². The monoisotopic (exact) mass is 342 g/mol. The van der Waals surface area contributed by atoms with Crippen molar-refractivity contribution in [2.75, 3.05) is 5.75 Å². The van der Waals surface area contributed by atoms with Crippen molar-refractivity contribution in [3.63, 3.8) is 0 Å². The fourth-order valence-electron chi connectivity index (χ4n) is 3.26. The average molecular weight is 342 g/mol. The van der Waals surface area contributed by atoms with Gasteiger partial charge in [0.1, 0.15) is 12.2 Å². The van der Waals surface area contributed by atoms with Crippen molar-refractivity contribution >= 4 is 16.1 Å². The van der Waals surface area contributed by atoms with Crippen molar-refractivity contribution in [3.8, 4) is 0 Å². The van der Waals surface area contributed by atoms with E-state index in [1.807, 2.05) is 0 Å². The normalized spacial score (nSPS) is 35.5. The van der Waals surface area contributed by atoms with E-state index in [4.69, 9.17) is 14.0 Å². The Balaban J connectivity index is 2.23. The van der Waals surface area contributed by atoms with Gasteiger partial charge in [-0.05, 0) is 18.3 Å². The summed E-state index contributed by atoms with van der Waals surface area (Å²) in [6, 6.07) is 0. The van der Waals surface area contributed by atoms with Gasteiger partial charge in [0.25, 0.3) is 10.1 Å². The van der Waals surface area contributed by atoms with Crippen LogP contribution in [-0.2, 0) is 23.8 Å². The summed E-state index contributed by atoms with van der Waals surface area (Å²) >= 11 is 0. The Kier molecular flexibility index (Phi) is 4.53. The minimum absolute atomic E-state index is 0.154. The number of rotatable bonds is 5. The van der Waals surface area contributed by atoms with E-state index < -0.39 is 52.2 Å². The predicted molar refractivity (Wildman–Crippen MR) is 72.0 cm³/mol. The summed E-state index contributed by atoms with van der Waals surface area (Å²) in [7, 11) is -3.68. The van der Waals surface area contributed by atoms with Crippen molar-refractivity contribution in [2.45, 2.75) is 51.4 Å². The summed E-state index contributed by atoms with van der Waals surface area (Å²) < 4.78 is 61.3. The second kappa shape index (κ2) is 5.68. The standard InChI is InChI=1S/C13H20F2O6S/c1-6(2)11(13(14,15)12(16)17)20-10-8-4-7(3)9(10)21-22(18,19)5-8/h6-11H,4-5H2,1-3H3,(H,16,17). The Morgan fingerprint density at radius 2 is 2.00 bits per heavy atom. The van der Waals surface area contributed by atoms with Crippen molar-refractivity contribution in [3.05, 3.63) is 0 Å². The minimum atomic E-state index is -4.05. The molecule has 0 aromatic rings. The fourth-order valence-corrected chi connectivity index (χ4v) is 4.83. The lowest BCUT2D eigenvalue weighted by atomic mass is 9.99. The lowest BCUT2D eigenvalue weighted by Crippen LogP contribution is -2.52. The van der Waals surface area contributed by atoms with E-state index in [0.717, 1.165) is 0 Å². The quantitative estimate of drug-likeness (QED) is 0.762. The van der Waals surface area contributed by atoms with E-state index >= 15 is 0 Å².